The first-order valence-corrected chi connectivity index (χ1v) is 14.2. The Kier molecular flexibility index (Phi) is 7.84. The van der Waals surface area contributed by atoms with E-state index < -0.39 is 58.0 Å². The average Bonchev–Trinajstić information content (AvgIpc) is 2.93. The van der Waals surface area contributed by atoms with Gasteiger partial charge in [-0.3, -0.25) is 19.3 Å². The van der Waals surface area contributed by atoms with Crippen LogP contribution in [0.4, 0.5) is 5.69 Å². The highest BCUT2D eigenvalue weighted by Crippen LogP contribution is 2.54. The second-order valence-corrected chi connectivity index (χ2v) is 12.0. The molecule has 11 nitrogen and oxygen atoms in total. The number of anilines is 1. The largest absolute Gasteiger partial charge is 0.508 e. The molecule has 0 bridgehead atoms. The van der Waals surface area contributed by atoms with Crippen LogP contribution in [0.1, 0.15) is 28.7 Å². The number of amides is 1. The Morgan fingerprint density at radius 1 is 1.09 bits per heavy atom. The zero-order valence-corrected chi connectivity index (χ0v) is 24.7. The van der Waals surface area contributed by atoms with Crippen LogP contribution in [0.3, 0.4) is 0 Å². The van der Waals surface area contributed by atoms with E-state index >= 15 is 0 Å². The Morgan fingerprint density at radius 2 is 1.77 bits per heavy atom. The van der Waals surface area contributed by atoms with Crippen molar-refractivity contribution >= 4 is 28.9 Å². The summed E-state index contributed by atoms with van der Waals surface area (Å²) in [5.74, 6) is -6.65. The standard InChI is InChI=1S/C32H38N4O7/c1-35(2)25-18(15-34-11-10-16-8-6-5-7-9-16)14-21(37)23-19(25)12-17-13-20-26(36(3)4)28(39)24(31(33)42)30(41)32(20,43)29(40)22(17)27(23)38/h5-9,14,17,20,26,34,37-38,41,43H,10-13,15H2,1-4H3,(H2,33,42)/t17-,20-,26-,32-/m0/s1. The number of phenolic OH excluding ortho intramolecular Hbond substituents is 1. The van der Waals surface area contributed by atoms with Crippen molar-refractivity contribution in [2.45, 2.75) is 37.5 Å². The molecule has 1 saturated carbocycles. The molecule has 11 heteroatoms. The number of nitrogens with one attached hydrogen (secondary N) is 1. The molecule has 4 atom stereocenters. The number of aliphatic hydroxyl groups is 3. The van der Waals surface area contributed by atoms with Gasteiger partial charge in [0.2, 0.25) is 5.78 Å². The van der Waals surface area contributed by atoms with E-state index in [1.807, 2.05) is 37.2 Å². The summed E-state index contributed by atoms with van der Waals surface area (Å²) in [4.78, 5) is 42.9. The van der Waals surface area contributed by atoms with Crippen LogP contribution in [0.25, 0.3) is 5.76 Å². The second kappa shape index (κ2) is 11.1. The van der Waals surface area contributed by atoms with Gasteiger partial charge in [0.25, 0.3) is 5.91 Å². The summed E-state index contributed by atoms with van der Waals surface area (Å²) in [7, 11) is 6.87. The lowest BCUT2D eigenvalue weighted by Crippen LogP contribution is -2.65. The van der Waals surface area contributed by atoms with Gasteiger partial charge in [0, 0.05) is 37.8 Å². The second-order valence-electron chi connectivity index (χ2n) is 12.0. The maximum atomic E-state index is 14.0. The summed E-state index contributed by atoms with van der Waals surface area (Å²) in [6, 6.07) is 10.5. The molecule has 0 aromatic heterocycles. The average molecular weight is 591 g/mol. The number of nitrogens with two attached hydrogens (primary N) is 1. The van der Waals surface area contributed by atoms with Crippen LogP contribution in [-0.4, -0.2) is 89.2 Å². The van der Waals surface area contributed by atoms with Gasteiger partial charge >= 0.3 is 0 Å². The molecule has 0 aliphatic heterocycles. The smallest absolute Gasteiger partial charge is 0.255 e. The SMILES string of the molecule is CN(C)c1c(CNCCc2ccccc2)cc(O)c2c1C[C@H]1C[C@H]3[C@H](N(C)C)C(=O)C(C(N)=O)=C(O)[C@@]3(O)C(=O)C1=C2O. The maximum Gasteiger partial charge on any atom is 0.255 e. The van der Waals surface area contributed by atoms with Crippen LogP contribution in [0.15, 0.2) is 53.3 Å². The molecule has 0 saturated heterocycles. The summed E-state index contributed by atoms with van der Waals surface area (Å²) in [6.45, 7) is 1.14. The summed E-state index contributed by atoms with van der Waals surface area (Å²) < 4.78 is 0. The molecule has 2 aromatic carbocycles. The van der Waals surface area contributed by atoms with E-state index in [1.54, 1.807) is 20.2 Å². The fourth-order valence-electron chi connectivity index (χ4n) is 7.16. The fraction of sp³-hybridized carbons (Fsp3) is 0.406. The number of nitrogens with zero attached hydrogens (tertiary/aromatic N) is 2. The van der Waals surface area contributed by atoms with Crippen LogP contribution < -0.4 is 16.0 Å². The van der Waals surface area contributed by atoms with E-state index in [4.69, 9.17) is 5.73 Å². The number of rotatable bonds is 8. The van der Waals surface area contributed by atoms with Crippen molar-refractivity contribution in [2.24, 2.45) is 17.6 Å². The Bertz CT molecular complexity index is 1560. The first-order chi connectivity index (χ1) is 20.3. The molecule has 0 unspecified atom stereocenters. The number of primary amides is 1. The summed E-state index contributed by atoms with van der Waals surface area (Å²) in [6.07, 6.45) is 1.09. The van der Waals surface area contributed by atoms with E-state index in [0.29, 0.717) is 18.7 Å². The molecule has 5 rings (SSSR count). The molecule has 228 valence electrons. The van der Waals surface area contributed by atoms with Crippen molar-refractivity contribution in [1.29, 1.82) is 0 Å². The van der Waals surface area contributed by atoms with E-state index in [1.165, 1.54) is 10.5 Å². The van der Waals surface area contributed by atoms with Crippen molar-refractivity contribution in [2.75, 3.05) is 39.6 Å². The number of likely N-dealkylation sites (N-methyl/N-ethyl adjacent to an activating group) is 1. The molecule has 1 fully saturated rings. The molecule has 0 heterocycles. The predicted molar refractivity (Wildman–Crippen MR) is 160 cm³/mol. The van der Waals surface area contributed by atoms with E-state index in [-0.39, 0.29) is 29.7 Å². The quantitative estimate of drug-likeness (QED) is 0.194. The normalized spacial score (nSPS) is 25.0. The first kappa shape index (κ1) is 30.3. The van der Waals surface area contributed by atoms with Crippen molar-refractivity contribution in [1.82, 2.24) is 10.2 Å². The van der Waals surface area contributed by atoms with Crippen molar-refractivity contribution in [3.63, 3.8) is 0 Å². The van der Waals surface area contributed by atoms with Crippen molar-refractivity contribution in [3.8, 4) is 5.75 Å². The van der Waals surface area contributed by atoms with Gasteiger partial charge in [-0.25, -0.2) is 0 Å². The maximum absolute atomic E-state index is 14.0. The third kappa shape index (κ3) is 4.77. The Hall–Kier alpha value is -4.19. The van der Waals surface area contributed by atoms with Gasteiger partial charge < -0.3 is 36.4 Å². The highest BCUT2D eigenvalue weighted by atomic mass is 16.3. The van der Waals surface area contributed by atoms with Crippen LogP contribution >= 0.6 is 0 Å². The van der Waals surface area contributed by atoms with Crippen LogP contribution in [0.5, 0.6) is 5.75 Å². The number of phenols is 1. The number of hydrogen-bond donors (Lipinski definition) is 6. The minimum Gasteiger partial charge on any atom is -0.508 e. The van der Waals surface area contributed by atoms with E-state index in [2.05, 4.69) is 17.4 Å². The van der Waals surface area contributed by atoms with Crippen molar-refractivity contribution in [3.05, 3.63) is 75.6 Å². The fourth-order valence-corrected chi connectivity index (χ4v) is 7.16. The minimum atomic E-state index is -2.66. The molecule has 0 radical (unpaired) electrons. The number of aromatic hydroxyl groups is 1. The molecule has 2 aromatic rings. The number of aliphatic hydroxyl groups excluding tert-OH is 2. The third-order valence-electron chi connectivity index (χ3n) is 8.97. The molecular weight excluding hydrogens is 552 g/mol. The minimum absolute atomic E-state index is 0.0406. The number of ketones is 2. The van der Waals surface area contributed by atoms with Gasteiger partial charge in [-0.15, -0.1) is 0 Å². The van der Waals surface area contributed by atoms with Gasteiger partial charge in [0.15, 0.2) is 11.4 Å². The summed E-state index contributed by atoms with van der Waals surface area (Å²) in [5.41, 5.74) is 5.22. The van der Waals surface area contributed by atoms with Gasteiger partial charge in [0.05, 0.1) is 11.6 Å². The van der Waals surface area contributed by atoms with Crippen LogP contribution in [0.2, 0.25) is 0 Å². The first-order valence-electron chi connectivity index (χ1n) is 14.2. The number of carbonyl (C=O) groups excluding carboxylic acids is 3. The monoisotopic (exact) mass is 590 g/mol. The zero-order valence-electron chi connectivity index (χ0n) is 24.7. The van der Waals surface area contributed by atoms with Crippen LogP contribution in [0, 0.1) is 11.8 Å². The highest BCUT2D eigenvalue weighted by molar-refractivity contribution is 6.24. The van der Waals surface area contributed by atoms with Gasteiger partial charge in [-0.2, -0.15) is 0 Å². The van der Waals surface area contributed by atoms with Crippen molar-refractivity contribution < 1.29 is 34.8 Å². The number of Topliss-reactive ketones (excluding diaryl/α,β-unsaturated/α-hetero) is 2. The molecule has 43 heavy (non-hydrogen) atoms. The molecular formula is C32H38N4O7. The van der Waals surface area contributed by atoms with E-state index in [0.717, 1.165) is 17.7 Å². The Morgan fingerprint density at radius 3 is 2.37 bits per heavy atom. The number of hydrogen-bond acceptors (Lipinski definition) is 10. The van der Waals surface area contributed by atoms with E-state index in [9.17, 15) is 34.8 Å². The highest BCUT2D eigenvalue weighted by Gasteiger charge is 2.64. The molecule has 0 spiro atoms. The molecule has 3 aliphatic carbocycles. The topological polar surface area (TPSA) is 177 Å². The third-order valence-corrected chi connectivity index (χ3v) is 8.97. The van der Waals surface area contributed by atoms with Crippen LogP contribution in [-0.2, 0) is 33.8 Å². The number of benzene rings is 2. The zero-order chi connectivity index (χ0) is 31.4. The van der Waals surface area contributed by atoms with Gasteiger partial charge in [-0.05, 0) is 68.6 Å². The molecule has 3 aliphatic rings. The lowest BCUT2D eigenvalue weighted by atomic mass is 9.57. The molecule has 7 N–H and O–H groups in total. The lowest BCUT2D eigenvalue weighted by molar-refractivity contribution is -0.153. The Labute approximate surface area is 249 Å². The number of fused-ring (bicyclic) bond motifs is 3. The van der Waals surface area contributed by atoms with Gasteiger partial charge in [-0.1, -0.05) is 30.3 Å². The summed E-state index contributed by atoms with van der Waals surface area (Å²) >= 11 is 0. The van der Waals surface area contributed by atoms with Gasteiger partial charge in [0.1, 0.15) is 22.8 Å². The number of carbonyl (C=O) groups is 3. The lowest BCUT2D eigenvalue weighted by Gasteiger charge is -2.50. The predicted octanol–water partition coefficient (Wildman–Crippen LogP) is 1.36. The molecule has 1 amide bonds. The summed E-state index contributed by atoms with van der Waals surface area (Å²) in [5, 5.41) is 48.9. The Balaban J connectivity index is 1.57.